The molecule has 2 heterocycles. The molecule has 1 aliphatic rings. The normalized spacial score (nSPS) is 14.4. The Balaban J connectivity index is 1.62. The molecular weight excluding hydrogens is 330 g/mol. The van der Waals surface area contributed by atoms with Gasteiger partial charge in [0.05, 0.1) is 13.5 Å². The van der Waals surface area contributed by atoms with E-state index in [-0.39, 0.29) is 11.8 Å². The first kappa shape index (κ1) is 18.0. The van der Waals surface area contributed by atoms with Crippen LogP contribution in [0.4, 0.5) is 0 Å². The molecule has 0 atom stereocenters. The number of ether oxygens (including phenoxy) is 1. The molecule has 1 N–H and O–H groups in total. The summed E-state index contributed by atoms with van der Waals surface area (Å²) in [7, 11) is 1.64. The van der Waals surface area contributed by atoms with Crippen LogP contribution in [0.3, 0.4) is 0 Å². The van der Waals surface area contributed by atoms with Crippen molar-refractivity contribution in [1.82, 2.24) is 14.8 Å². The molecule has 1 saturated heterocycles. The lowest BCUT2D eigenvalue weighted by atomic mass is 10.0. The average Bonchev–Trinajstić information content (AvgIpc) is 3.15. The molecule has 1 fully saturated rings. The van der Waals surface area contributed by atoms with Crippen molar-refractivity contribution >= 4 is 11.8 Å². The summed E-state index contributed by atoms with van der Waals surface area (Å²) in [6.07, 6.45) is 2.06. The number of carbonyl (C=O) groups is 2. The molecule has 0 saturated carbocycles. The van der Waals surface area contributed by atoms with Gasteiger partial charge in [-0.25, -0.2) is 0 Å². The molecule has 0 spiro atoms. The monoisotopic (exact) mass is 355 g/mol. The summed E-state index contributed by atoms with van der Waals surface area (Å²) in [5, 5.41) is 0. The standard InChI is InChI=1S/C20H25N3O3/c1-14-11-15(2)19(26-3)16(12-14)13-18(24)22-7-9-23(10-8-22)20(25)17-5-4-6-21-17/h4-6,11-12,21H,7-10,13H2,1-3H3. The second-order valence-corrected chi connectivity index (χ2v) is 6.71. The summed E-state index contributed by atoms with van der Waals surface area (Å²) in [5.74, 6) is 0.836. The topological polar surface area (TPSA) is 65.6 Å². The summed E-state index contributed by atoms with van der Waals surface area (Å²) >= 11 is 0. The van der Waals surface area contributed by atoms with E-state index in [1.807, 2.05) is 30.9 Å². The number of H-pyrrole nitrogens is 1. The van der Waals surface area contributed by atoms with Crippen LogP contribution in [-0.2, 0) is 11.2 Å². The number of rotatable bonds is 4. The van der Waals surface area contributed by atoms with Crippen LogP contribution >= 0.6 is 0 Å². The lowest BCUT2D eigenvalue weighted by Gasteiger charge is -2.34. The zero-order chi connectivity index (χ0) is 18.7. The van der Waals surface area contributed by atoms with Crippen LogP contribution in [0.5, 0.6) is 5.75 Å². The van der Waals surface area contributed by atoms with Gasteiger partial charge in [-0.2, -0.15) is 0 Å². The van der Waals surface area contributed by atoms with Crippen molar-refractivity contribution in [1.29, 1.82) is 0 Å². The molecule has 2 aromatic rings. The summed E-state index contributed by atoms with van der Waals surface area (Å²) in [6, 6.07) is 7.64. The number of aromatic nitrogens is 1. The summed E-state index contributed by atoms with van der Waals surface area (Å²) in [4.78, 5) is 31.6. The van der Waals surface area contributed by atoms with Crippen molar-refractivity contribution in [2.24, 2.45) is 0 Å². The Kier molecular flexibility index (Phi) is 5.30. The highest BCUT2D eigenvalue weighted by Gasteiger charge is 2.26. The largest absolute Gasteiger partial charge is 0.496 e. The fraction of sp³-hybridized carbons (Fsp3) is 0.400. The zero-order valence-electron chi connectivity index (χ0n) is 15.5. The highest BCUT2D eigenvalue weighted by Crippen LogP contribution is 2.26. The number of nitrogens with zero attached hydrogens (tertiary/aromatic N) is 2. The molecule has 0 aliphatic carbocycles. The number of piperazine rings is 1. The predicted octanol–water partition coefficient (Wildman–Crippen LogP) is 2.17. The minimum atomic E-state index is -0.0157. The number of methoxy groups -OCH3 is 1. The SMILES string of the molecule is COc1c(C)cc(C)cc1CC(=O)N1CCN(C(=O)c2ccc[nH]2)CC1. The Morgan fingerprint density at radius 1 is 1.12 bits per heavy atom. The Bertz CT molecular complexity index is 791. The van der Waals surface area contributed by atoms with Crippen LogP contribution in [-0.4, -0.2) is 59.9 Å². The third-order valence-corrected chi connectivity index (χ3v) is 4.79. The van der Waals surface area contributed by atoms with Gasteiger partial charge in [-0.3, -0.25) is 9.59 Å². The Morgan fingerprint density at radius 2 is 1.81 bits per heavy atom. The van der Waals surface area contributed by atoms with Gasteiger partial charge in [0.2, 0.25) is 5.91 Å². The minimum absolute atomic E-state index is 0.0157. The summed E-state index contributed by atoms with van der Waals surface area (Å²) < 4.78 is 5.48. The van der Waals surface area contributed by atoms with Gasteiger partial charge >= 0.3 is 0 Å². The molecule has 0 radical (unpaired) electrons. The van der Waals surface area contributed by atoms with E-state index in [2.05, 4.69) is 11.1 Å². The number of hydrogen-bond donors (Lipinski definition) is 1. The van der Waals surface area contributed by atoms with E-state index in [4.69, 9.17) is 4.74 Å². The van der Waals surface area contributed by atoms with Crippen molar-refractivity contribution in [2.75, 3.05) is 33.3 Å². The molecular formula is C20H25N3O3. The molecule has 2 amide bonds. The smallest absolute Gasteiger partial charge is 0.270 e. The van der Waals surface area contributed by atoms with Gasteiger partial charge in [0, 0.05) is 37.9 Å². The first-order valence-corrected chi connectivity index (χ1v) is 8.84. The molecule has 138 valence electrons. The van der Waals surface area contributed by atoms with E-state index >= 15 is 0 Å². The molecule has 6 heteroatoms. The van der Waals surface area contributed by atoms with E-state index in [0.29, 0.717) is 38.3 Å². The number of nitrogens with one attached hydrogen (secondary N) is 1. The third-order valence-electron chi connectivity index (χ3n) is 4.79. The van der Waals surface area contributed by atoms with E-state index in [1.165, 1.54) is 0 Å². The average molecular weight is 355 g/mol. The molecule has 0 bridgehead atoms. The summed E-state index contributed by atoms with van der Waals surface area (Å²) in [6.45, 7) is 6.22. The van der Waals surface area contributed by atoms with E-state index in [9.17, 15) is 9.59 Å². The number of aryl methyl sites for hydroxylation is 2. The lowest BCUT2D eigenvalue weighted by molar-refractivity contribution is -0.131. The van der Waals surface area contributed by atoms with Crippen molar-refractivity contribution in [3.05, 3.63) is 52.8 Å². The maximum absolute atomic E-state index is 12.7. The van der Waals surface area contributed by atoms with Crippen LogP contribution < -0.4 is 4.74 Å². The quantitative estimate of drug-likeness (QED) is 0.914. The van der Waals surface area contributed by atoms with Gasteiger partial charge in [0.25, 0.3) is 5.91 Å². The number of benzene rings is 1. The third kappa shape index (κ3) is 3.74. The minimum Gasteiger partial charge on any atom is -0.496 e. The molecule has 1 aliphatic heterocycles. The highest BCUT2D eigenvalue weighted by molar-refractivity contribution is 5.92. The van der Waals surface area contributed by atoms with Gasteiger partial charge in [-0.15, -0.1) is 0 Å². The Labute approximate surface area is 153 Å². The van der Waals surface area contributed by atoms with E-state index in [0.717, 1.165) is 22.4 Å². The lowest BCUT2D eigenvalue weighted by Crippen LogP contribution is -2.51. The Morgan fingerprint density at radius 3 is 2.42 bits per heavy atom. The van der Waals surface area contributed by atoms with Crippen LogP contribution in [0.1, 0.15) is 27.2 Å². The van der Waals surface area contributed by atoms with Crippen LogP contribution in [0.2, 0.25) is 0 Å². The zero-order valence-corrected chi connectivity index (χ0v) is 15.5. The maximum atomic E-state index is 12.7. The predicted molar refractivity (Wildman–Crippen MR) is 99.4 cm³/mol. The van der Waals surface area contributed by atoms with E-state index in [1.54, 1.807) is 24.3 Å². The first-order chi connectivity index (χ1) is 12.5. The summed E-state index contributed by atoms with van der Waals surface area (Å²) in [5.41, 5.74) is 3.66. The molecule has 3 rings (SSSR count). The van der Waals surface area contributed by atoms with Gasteiger partial charge in [0.15, 0.2) is 0 Å². The number of hydrogen-bond acceptors (Lipinski definition) is 3. The van der Waals surface area contributed by atoms with Crippen LogP contribution in [0, 0.1) is 13.8 Å². The second kappa shape index (κ2) is 7.64. The van der Waals surface area contributed by atoms with Gasteiger partial charge in [-0.05, 0) is 31.5 Å². The molecule has 1 aromatic heterocycles. The van der Waals surface area contributed by atoms with Crippen LogP contribution in [0.15, 0.2) is 30.5 Å². The van der Waals surface area contributed by atoms with Crippen molar-refractivity contribution in [2.45, 2.75) is 20.3 Å². The number of amides is 2. The molecule has 6 nitrogen and oxygen atoms in total. The highest BCUT2D eigenvalue weighted by atomic mass is 16.5. The van der Waals surface area contributed by atoms with Crippen molar-refractivity contribution in [3.8, 4) is 5.75 Å². The molecule has 0 unspecified atom stereocenters. The van der Waals surface area contributed by atoms with Crippen molar-refractivity contribution < 1.29 is 14.3 Å². The van der Waals surface area contributed by atoms with Gasteiger partial charge in [0.1, 0.15) is 11.4 Å². The van der Waals surface area contributed by atoms with E-state index < -0.39 is 0 Å². The fourth-order valence-electron chi connectivity index (χ4n) is 3.53. The number of aromatic amines is 1. The fourth-order valence-corrected chi connectivity index (χ4v) is 3.53. The van der Waals surface area contributed by atoms with Crippen LogP contribution in [0.25, 0.3) is 0 Å². The maximum Gasteiger partial charge on any atom is 0.270 e. The first-order valence-electron chi connectivity index (χ1n) is 8.84. The Hall–Kier alpha value is -2.76. The van der Waals surface area contributed by atoms with Gasteiger partial charge < -0.3 is 19.5 Å². The molecule has 1 aromatic carbocycles. The van der Waals surface area contributed by atoms with Gasteiger partial charge in [-0.1, -0.05) is 17.7 Å². The number of carbonyl (C=O) groups excluding carboxylic acids is 2. The van der Waals surface area contributed by atoms with Crippen molar-refractivity contribution in [3.63, 3.8) is 0 Å². The second-order valence-electron chi connectivity index (χ2n) is 6.71. The molecule has 26 heavy (non-hydrogen) atoms.